The van der Waals surface area contributed by atoms with Crippen LogP contribution < -0.4 is 4.74 Å². The van der Waals surface area contributed by atoms with E-state index in [2.05, 4.69) is 15.9 Å². The van der Waals surface area contributed by atoms with Crippen LogP contribution in [-0.4, -0.2) is 24.3 Å². The smallest absolute Gasteiger partial charge is 0.330 e. The summed E-state index contributed by atoms with van der Waals surface area (Å²) >= 11 is 3.42. The molecule has 0 unspecified atom stereocenters. The summed E-state index contributed by atoms with van der Waals surface area (Å²) < 4.78 is 11.5. The Morgan fingerprint density at radius 2 is 1.86 bits per heavy atom. The van der Waals surface area contributed by atoms with E-state index >= 15 is 0 Å². The van der Waals surface area contributed by atoms with Crippen molar-refractivity contribution in [3.8, 4) is 5.75 Å². The van der Waals surface area contributed by atoms with Crippen LogP contribution in [0.5, 0.6) is 5.75 Å². The van der Waals surface area contributed by atoms with E-state index in [4.69, 9.17) is 9.47 Å². The van der Waals surface area contributed by atoms with Gasteiger partial charge >= 0.3 is 11.9 Å². The molecule has 5 nitrogen and oxygen atoms in total. The second-order valence-electron chi connectivity index (χ2n) is 7.43. The zero-order valence-corrected chi connectivity index (χ0v) is 17.3. The molecule has 1 fully saturated rings. The monoisotopic (exact) mass is 442 g/mol. The third-order valence-electron chi connectivity index (χ3n) is 5.94. The molecular weight excluding hydrogens is 424 g/mol. The van der Waals surface area contributed by atoms with Crippen LogP contribution in [0.1, 0.15) is 41.3 Å². The molecule has 0 spiro atoms. The molecule has 0 amide bonds. The number of Topliss-reactive ketones (excluding diaryl/α,β-unsaturated/α-hetero) is 1. The molecule has 28 heavy (non-hydrogen) atoms. The van der Waals surface area contributed by atoms with Crippen molar-refractivity contribution in [2.24, 2.45) is 10.8 Å². The van der Waals surface area contributed by atoms with Gasteiger partial charge in [-0.3, -0.25) is 14.4 Å². The fraction of sp³-hybridized carbons (Fsp3) is 0.318. The second kappa shape index (κ2) is 6.27. The van der Waals surface area contributed by atoms with E-state index < -0.39 is 28.7 Å². The molecule has 0 bridgehead atoms. The highest BCUT2D eigenvalue weighted by Crippen LogP contribution is 2.78. The highest BCUT2D eigenvalue weighted by Gasteiger charge is 2.89. The predicted octanol–water partition coefficient (Wildman–Crippen LogP) is 4.21. The Morgan fingerprint density at radius 1 is 1.18 bits per heavy atom. The molecule has 1 saturated carbocycles. The van der Waals surface area contributed by atoms with Crippen molar-refractivity contribution in [3.05, 3.63) is 63.6 Å². The van der Waals surface area contributed by atoms with Gasteiger partial charge < -0.3 is 9.47 Å². The van der Waals surface area contributed by atoms with Crippen molar-refractivity contribution in [1.29, 1.82) is 0 Å². The quantitative estimate of drug-likeness (QED) is 0.307. The molecule has 2 aromatic carbocycles. The average molecular weight is 443 g/mol. The van der Waals surface area contributed by atoms with E-state index in [0.717, 1.165) is 10.0 Å². The van der Waals surface area contributed by atoms with Gasteiger partial charge in [-0.25, -0.2) is 0 Å². The van der Waals surface area contributed by atoms with Gasteiger partial charge in [0.05, 0.1) is 12.0 Å². The molecule has 0 aromatic heterocycles. The molecular formula is C22H19BrO5. The summed E-state index contributed by atoms with van der Waals surface area (Å²) in [5, 5.41) is 0. The van der Waals surface area contributed by atoms with Gasteiger partial charge in [-0.15, -0.1) is 0 Å². The zero-order chi connectivity index (χ0) is 20.3. The van der Waals surface area contributed by atoms with Crippen LogP contribution in [0.25, 0.3) is 0 Å². The fourth-order valence-corrected chi connectivity index (χ4v) is 4.86. The Hall–Kier alpha value is -2.47. The van der Waals surface area contributed by atoms with Crippen molar-refractivity contribution in [3.63, 3.8) is 0 Å². The Morgan fingerprint density at radius 3 is 2.50 bits per heavy atom. The molecule has 1 heterocycles. The van der Waals surface area contributed by atoms with Crippen molar-refractivity contribution in [1.82, 2.24) is 0 Å². The lowest BCUT2D eigenvalue weighted by Crippen LogP contribution is -2.40. The normalized spacial score (nSPS) is 27.3. The third kappa shape index (κ3) is 2.27. The van der Waals surface area contributed by atoms with E-state index in [1.165, 1.54) is 0 Å². The van der Waals surface area contributed by atoms with Gasteiger partial charge in [-0.2, -0.15) is 0 Å². The van der Waals surface area contributed by atoms with Crippen LogP contribution in [0.15, 0.2) is 46.9 Å². The maximum Gasteiger partial charge on any atom is 0.330 e. The largest absolute Gasteiger partial charge is 0.465 e. The Bertz CT molecular complexity index is 1010. The Balaban J connectivity index is 1.90. The van der Waals surface area contributed by atoms with E-state index in [-0.39, 0.29) is 12.4 Å². The summed E-state index contributed by atoms with van der Waals surface area (Å²) in [6, 6.07) is 12.3. The summed E-state index contributed by atoms with van der Waals surface area (Å²) in [7, 11) is 0. The molecule has 3 atom stereocenters. The van der Waals surface area contributed by atoms with Crippen LogP contribution in [0.4, 0.5) is 0 Å². The highest BCUT2D eigenvalue weighted by atomic mass is 79.9. The van der Waals surface area contributed by atoms with Crippen LogP contribution in [-0.2, 0) is 14.3 Å². The molecule has 1 aliphatic heterocycles. The summed E-state index contributed by atoms with van der Waals surface area (Å²) in [5.74, 6) is -1.97. The maximum atomic E-state index is 13.5. The number of hydrogen-bond donors (Lipinski definition) is 0. The van der Waals surface area contributed by atoms with Crippen molar-refractivity contribution in [2.45, 2.75) is 26.7 Å². The van der Waals surface area contributed by atoms with Crippen molar-refractivity contribution < 1.29 is 23.9 Å². The first-order valence-corrected chi connectivity index (χ1v) is 9.88. The number of ether oxygens (including phenoxy) is 2. The van der Waals surface area contributed by atoms with Crippen LogP contribution >= 0.6 is 15.9 Å². The van der Waals surface area contributed by atoms with Crippen molar-refractivity contribution >= 4 is 33.7 Å². The Labute approximate surface area is 171 Å². The van der Waals surface area contributed by atoms with E-state index in [9.17, 15) is 14.4 Å². The summed E-state index contributed by atoms with van der Waals surface area (Å²) in [4.78, 5) is 39.6. The number of esters is 2. The summed E-state index contributed by atoms with van der Waals surface area (Å²) in [6.07, 6.45) is 0. The molecule has 6 heteroatoms. The number of rotatable bonds is 4. The molecule has 0 N–H and O–H groups in total. The van der Waals surface area contributed by atoms with Gasteiger partial charge in [0.2, 0.25) is 0 Å². The maximum absolute atomic E-state index is 13.5. The number of halogens is 1. The second-order valence-corrected chi connectivity index (χ2v) is 8.35. The SMILES string of the molecule is CCOC(=O)[C@]12C(=O)Oc3ccc(Br)cc3[C@@H]1[C@]2(C)C(=O)c1ccc(C)cc1. The van der Waals surface area contributed by atoms with E-state index in [0.29, 0.717) is 16.9 Å². The van der Waals surface area contributed by atoms with Gasteiger partial charge in [-0.05, 0) is 39.0 Å². The number of aryl methyl sites for hydroxylation is 1. The van der Waals surface area contributed by atoms with Crippen LogP contribution in [0, 0.1) is 17.8 Å². The highest BCUT2D eigenvalue weighted by molar-refractivity contribution is 9.10. The summed E-state index contributed by atoms with van der Waals surface area (Å²) in [6.45, 7) is 5.37. The first-order chi connectivity index (χ1) is 13.3. The minimum absolute atomic E-state index is 0.112. The number of carbonyl (C=O) groups is 3. The third-order valence-corrected chi connectivity index (χ3v) is 6.43. The Kier molecular flexibility index (Phi) is 4.23. The van der Waals surface area contributed by atoms with Crippen molar-refractivity contribution in [2.75, 3.05) is 6.61 Å². The average Bonchev–Trinajstić information content (AvgIpc) is 3.26. The molecule has 2 aromatic rings. The van der Waals surface area contributed by atoms with Crippen LogP contribution in [0.2, 0.25) is 0 Å². The molecule has 0 saturated heterocycles. The van der Waals surface area contributed by atoms with Crippen LogP contribution in [0.3, 0.4) is 0 Å². The molecule has 144 valence electrons. The predicted molar refractivity (Wildman–Crippen MR) is 105 cm³/mol. The fourth-order valence-electron chi connectivity index (χ4n) is 4.48. The molecule has 0 radical (unpaired) electrons. The first kappa shape index (κ1) is 18.9. The first-order valence-electron chi connectivity index (χ1n) is 9.08. The summed E-state index contributed by atoms with van der Waals surface area (Å²) in [5.41, 5.74) is -0.819. The zero-order valence-electron chi connectivity index (χ0n) is 15.7. The number of carbonyl (C=O) groups excluding carboxylic acids is 3. The number of ketones is 1. The lowest BCUT2D eigenvalue weighted by atomic mass is 9.86. The number of fused-ring (bicyclic) bond motifs is 3. The lowest BCUT2D eigenvalue weighted by molar-refractivity contribution is -0.162. The standard InChI is InChI=1S/C22H19BrO5/c1-4-27-19(25)22-17(15-11-14(23)9-10-16(15)28-20(22)26)21(22,3)18(24)13-7-5-12(2)6-8-13/h5-11,17H,4H2,1-3H3/t17-,21-,22+/m1/s1. The van der Waals surface area contributed by atoms with Gasteiger partial charge in [-0.1, -0.05) is 45.8 Å². The molecule has 1 aliphatic carbocycles. The lowest BCUT2D eigenvalue weighted by Gasteiger charge is -2.22. The number of benzene rings is 2. The number of hydrogen-bond acceptors (Lipinski definition) is 5. The minimum Gasteiger partial charge on any atom is -0.465 e. The van der Waals surface area contributed by atoms with Gasteiger partial charge in [0.1, 0.15) is 5.75 Å². The topological polar surface area (TPSA) is 69.7 Å². The molecule has 2 aliphatic rings. The van der Waals surface area contributed by atoms with Gasteiger partial charge in [0.25, 0.3) is 0 Å². The molecule has 4 rings (SSSR count). The van der Waals surface area contributed by atoms with Gasteiger partial charge in [0, 0.05) is 21.5 Å². The minimum atomic E-state index is -1.67. The van der Waals surface area contributed by atoms with E-state index in [1.807, 2.05) is 19.1 Å². The van der Waals surface area contributed by atoms with E-state index in [1.54, 1.807) is 44.2 Å². The van der Waals surface area contributed by atoms with Gasteiger partial charge in [0.15, 0.2) is 11.2 Å².